The molecule has 1 unspecified atom stereocenters. The monoisotopic (exact) mass is 480 g/mol. The number of benzene rings is 2. The summed E-state index contributed by atoms with van der Waals surface area (Å²) in [5, 5.41) is 3.16. The van der Waals surface area contributed by atoms with Crippen LogP contribution < -0.4 is 14.8 Å². The van der Waals surface area contributed by atoms with Gasteiger partial charge in [0.05, 0.1) is 4.90 Å². The first-order valence-corrected chi connectivity index (χ1v) is 11.7. The van der Waals surface area contributed by atoms with Crippen molar-refractivity contribution in [3.8, 4) is 11.5 Å². The summed E-state index contributed by atoms with van der Waals surface area (Å²) in [6, 6.07) is 12.5. The number of ether oxygens (including phenoxy) is 2. The molecule has 2 amide bonds. The summed E-state index contributed by atoms with van der Waals surface area (Å²) in [7, 11) is -1.85. The lowest BCUT2D eigenvalue weighted by Crippen LogP contribution is -2.49. The van der Waals surface area contributed by atoms with Crippen LogP contribution in [0.1, 0.15) is 41.0 Å². The van der Waals surface area contributed by atoms with Crippen molar-refractivity contribution in [3.05, 3.63) is 53.6 Å². The van der Waals surface area contributed by atoms with Crippen molar-refractivity contribution in [2.75, 3.05) is 0 Å². The van der Waals surface area contributed by atoms with Crippen molar-refractivity contribution in [2.24, 2.45) is 5.92 Å². The van der Waals surface area contributed by atoms with E-state index in [4.69, 9.17) is 21.1 Å². The summed E-state index contributed by atoms with van der Waals surface area (Å²) >= 11 is 5.88. The van der Waals surface area contributed by atoms with E-state index in [0.29, 0.717) is 27.8 Å². The van der Waals surface area contributed by atoms with Crippen molar-refractivity contribution in [3.63, 3.8) is 0 Å². The lowest BCUT2D eigenvalue weighted by atomic mass is 10.0. The van der Waals surface area contributed by atoms with E-state index >= 15 is 0 Å². The third kappa shape index (κ3) is 8.88. The Hall–Kier alpha value is -2.58. The third-order valence-electron chi connectivity index (χ3n) is 3.98. The summed E-state index contributed by atoms with van der Waals surface area (Å²) < 4.78 is 26.2. The van der Waals surface area contributed by atoms with Gasteiger partial charge in [0.15, 0.2) is 11.0 Å². The van der Waals surface area contributed by atoms with Gasteiger partial charge in [-0.05, 0) is 75.6 Å². The van der Waals surface area contributed by atoms with Crippen LogP contribution in [-0.2, 0) is 20.5 Å². The van der Waals surface area contributed by atoms with Gasteiger partial charge in [-0.1, -0.05) is 31.5 Å². The van der Waals surface area contributed by atoms with E-state index in [2.05, 4.69) is 10.0 Å². The molecule has 0 saturated heterocycles. The van der Waals surface area contributed by atoms with Gasteiger partial charge in [-0.15, -0.1) is 0 Å². The Morgan fingerprint density at radius 2 is 1.72 bits per heavy atom. The van der Waals surface area contributed by atoms with Gasteiger partial charge >= 0.3 is 6.09 Å². The van der Waals surface area contributed by atoms with Gasteiger partial charge in [-0.3, -0.25) is 9.52 Å². The van der Waals surface area contributed by atoms with Crippen LogP contribution in [-0.4, -0.2) is 27.9 Å². The molecule has 0 spiro atoms. The molecule has 2 aromatic rings. The summed E-state index contributed by atoms with van der Waals surface area (Å²) in [5.74, 6) is 0.579. The van der Waals surface area contributed by atoms with Crippen LogP contribution in [0, 0.1) is 5.92 Å². The second-order valence-corrected chi connectivity index (χ2v) is 10.2. The van der Waals surface area contributed by atoms with Crippen molar-refractivity contribution < 1.29 is 23.3 Å². The predicted molar refractivity (Wildman–Crippen MR) is 125 cm³/mol. The van der Waals surface area contributed by atoms with Crippen molar-refractivity contribution >= 4 is 34.6 Å². The molecule has 174 valence electrons. The summed E-state index contributed by atoms with van der Waals surface area (Å²) in [6.07, 6.45) is -0.343. The molecule has 0 aliphatic rings. The lowest BCUT2D eigenvalue weighted by molar-refractivity contribution is -0.121. The summed E-state index contributed by atoms with van der Waals surface area (Å²) in [6.45, 7) is 9.05. The van der Waals surface area contributed by atoms with E-state index in [9.17, 15) is 13.8 Å². The maximum absolute atomic E-state index is 12.8. The number of amides is 2. The number of rotatable bonds is 8. The van der Waals surface area contributed by atoms with Crippen LogP contribution in [0.4, 0.5) is 4.79 Å². The molecule has 2 aromatic carbocycles. The van der Waals surface area contributed by atoms with Gasteiger partial charge in [0, 0.05) is 5.02 Å². The fraction of sp³-hybridized carbons (Fsp3) is 0.391. The topological polar surface area (TPSA) is 93.7 Å². The molecule has 0 bridgehead atoms. The molecular formula is C23H29ClN2O5S. The molecule has 0 radical (unpaired) electrons. The third-order valence-corrected chi connectivity index (χ3v) is 5.30. The minimum Gasteiger partial charge on any atom is -0.457 e. The zero-order valence-electron chi connectivity index (χ0n) is 18.8. The Morgan fingerprint density at radius 3 is 2.31 bits per heavy atom. The van der Waals surface area contributed by atoms with Gasteiger partial charge in [0.25, 0.3) is 5.91 Å². The zero-order chi connectivity index (χ0) is 23.9. The van der Waals surface area contributed by atoms with E-state index in [-0.39, 0.29) is 5.92 Å². The Balaban J connectivity index is 2.07. The first-order chi connectivity index (χ1) is 14.9. The largest absolute Gasteiger partial charge is 0.457 e. The molecule has 0 fully saturated rings. The van der Waals surface area contributed by atoms with E-state index in [1.54, 1.807) is 69.3 Å². The molecule has 2 rings (SSSR count). The Bertz CT molecular complexity index is 958. The minimum absolute atomic E-state index is 0.116. The lowest BCUT2D eigenvalue weighted by Gasteiger charge is -2.24. The van der Waals surface area contributed by atoms with Crippen LogP contribution in [0.25, 0.3) is 0 Å². The van der Waals surface area contributed by atoms with Gasteiger partial charge in [-0.2, -0.15) is 0 Å². The highest BCUT2D eigenvalue weighted by Gasteiger charge is 2.26. The minimum atomic E-state index is -1.85. The molecule has 0 aliphatic heterocycles. The smallest absolute Gasteiger partial charge is 0.408 e. The van der Waals surface area contributed by atoms with Crippen molar-refractivity contribution in [1.82, 2.24) is 10.0 Å². The standard InChI is InChI=1S/C23H29ClN2O5S/c1-15(2)13-20(25-22(28)31-23(3,4)5)21(27)26-32(29)19-8-6-7-18(14-19)30-17-11-9-16(24)10-12-17/h6-12,14-15,20H,13H2,1-5H3,(H,25,28)(H,26,27)/t20-,32?/m0/s1. The Kier molecular flexibility index (Phi) is 9.09. The number of carbonyl (C=O) groups excluding carboxylic acids is 2. The number of nitrogens with one attached hydrogen (secondary N) is 2. The van der Waals surface area contributed by atoms with Crippen molar-refractivity contribution in [2.45, 2.75) is 57.6 Å². The molecule has 32 heavy (non-hydrogen) atoms. The molecule has 0 saturated carbocycles. The molecule has 0 aliphatic carbocycles. The Labute approximate surface area is 196 Å². The maximum Gasteiger partial charge on any atom is 0.408 e. The summed E-state index contributed by atoms with van der Waals surface area (Å²) in [5.41, 5.74) is -0.698. The molecule has 9 heteroatoms. The second kappa shape index (κ2) is 11.3. The van der Waals surface area contributed by atoms with Crippen LogP contribution in [0.15, 0.2) is 53.4 Å². The molecule has 0 heterocycles. The Morgan fingerprint density at radius 1 is 1.06 bits per heavy atom. The van der Waals surface area contributed by atoms with Gasteiger partial charge < -0.3 is 14.8 Å². The highest BCUT2D eigenvalue weighted by molar-refractivity contribution is 7.83. The average Bonchev–Trinajstić information content (AvgIpc) is 2.67. The molecule has 0 aromatic heterocycles. The van der Waals surface area contributed by atoms with Crippen LogP contribution in [0.3, 0.4) is 0 Å². The molecule has 2 N–H and O–H groups in total. The van der Waals surface area contributed by atoms with E-state index in [1.165, 1.54) is 0 Å². The zero-order valence-corrected chi connectivity index (χ0v) is 20.4. The predicted octanol–water partition coefficient (Wildman–Crippen LogP) is 5.21. The quantitative estimate of drug-likeness (QED) is 0.540. The van der Waals surface area contributed by atoms with Crippen LogP contribution >= 0.6 is 11.6 Å². The van der Waals surface area contributed by atoms with Gasteiger partial charge in [0.2, 0.25) is 0 Å². The number of halogens is 1. The van der Waals surface area contributed by atoms with Crippen LogP contribution in [0.5, 0.6) is 11.5 Å². The van der Waals surface area contributed by atoms with Gasteiger partial charge in [0.1, 0.15) is 23.1 Å². The highest BCUT2D eigenvalue weighted by Crippen LogP contribution is 2.24. The molecule has 2 atom stereocenters. The fourth-order valence-corrected chi connectivity index (χ4v) is 3.66. The van der Waals surface area contributed by atoms with E-state index in [1.807, 2.05) is 13.8 Å². The molecular weight excluding hydrogens is 452 g/mol. The van der Waals surface area contributed by atoms with Crippen LogP contribution in [0.2, 0.25) is 5.02 Å². The first-order valence-electron chi connectivity index (χ1n) is 10.2. The van der Waals surface area contributed by atoms with Crippen molar-refractivity contribution in [1.29, 1.82) is 0 Å². The number of hydrogen-bond donors (Lipinski definition) is 2. The summed E-state index contributed by atoms with van der Waals surface area (Å²) in [4.78, 5) is 25.2. The highest BCUT2D eigenvalue weighted by atomic mass is 35.5. The number of hydrogen-bond acceptors (Lipinski definition) is 5. The van der Waals surface area contributed by atoms with E-state index in [0.717, 1.165) is 0 Å². The number of alkyl carbamates (subject to hydrolysis) is 1. The fourth-order valence-electron chi connectivity index (χ4n) is 2.67. The van der Waals surface area contributed by atoms with Gasteiger partial charge in [-0.25, -0.2) is 9.00 Å². The number of carbonyl (C=O) groups is 2. The second-order valence-electron chi connectivity index (χ2n) is 8.59. The molecule has 7 nitrogen and oxygen atoms in total. The SMILES string of the molecule is CC(C)C[C@H](NC(=O)OC(C)(C)C)C(=O)NS(=O)c1cccc(Oc2ccc(Cl)cc2)c1. The first kappa shape index (κ1) is 25.7. The average molecular weight is 481 g/mol. The normalized spacial score (nSPS) is 13.2. The van der Waals surface area contributed by atoms with E-state index < -0.39 is 34.6 Å². The maximum atomic E-state index is 12.8.